The summed E-state index contributed by atoms with van der Waals surface area (Å²) < 4.78 is 43.2. The minimum atomic E-state index is -4.46. The molecule has 0 radical (unpaired) electrons. The zero-order chi connectivity index (χ0) is 14.8. The molecule has 1 aromatic carbocycles. The number of benzene rings is 1. The summed E-state index contributed by atoms with van der Waals surface area (Å²) in [6, 6.07) is 5.70. The highest BCUT2D eigenvalue weighted by Crippen LogP contribution is 2.35. The first-order valence-corrected chi connectivity index (χ1v) is 6.35. The summed E-state index contributed by atoms with van der Waals surface area (Å²) in [4.78, 5) is 0. The minimum absolute atomic E-state index is 0.144. The number of hydrogen-bond donors (Lipinski definition) is 1. The highest BCUT2D eigenvalue weighted by Gasteiger charge is 2.33. The first-order chi connectivity index (χ1) is 9.41. The van der Waals surface area contributed by atoms with Gasteiger partial charge in [0.15, 0.2) is 0 Å². The molecule has 0 amide bonds. The van der Waals surface area contributed by atoms with Crippen molar-refractivity contribution in [1.29, 1.82) is 0 Å². The van der Waals surface area contributed by atoms with E-state index in [9.17, 15) is 13.2 Å². The lowest BCUT2D eigenvalue weighted by molar-refractivity contribution is -0.141. The number of aromatic nitrogens is 2. The molecular formula is C13H12ClF3N2O. The fourth-order valence-electron chi connectivity index (χ4n) is 1.65. The number of ether oxygens (including phenoxy) is 1. The van der Waals surface area contributed by atoms with Crippen molar-refractivity contribution < 1.29 is 17.9 Å². The van der Waals surface area contributed by atoms with Crippen LogP contribution in [0.3, 0.4) is 0 Å². The van der Waals surface area contributed by atoms with Crippen LogP contribution in [0.15, 0.2) is 24.3 Å². The molecule has 0 bridgehead atoms. The normalized spacial score (nSPS) is 11.7. The van der Waals surface area contributed by atoms with Gasteiger partial charge in [-0.15, -0.1) is 0 Å². The molecule has 0 saturated carbocycles. The van der Waals surface area contributed by atoms with Gasteiger partial charge in [0.05, 0.1) is 12.3 Å². The van der Waals surface area contributed by atoms with Crippen LogP contribution in [-0.4, -0.2) is 16.8 Å². The van der Waals surface area contributed by atoms with Crippen LogP contribution < -0.4 is 4.74 Å². The Bertz CT molecular complexity index is 596. The van der Waals surface area contributed by atoms with Crippen LogP contribution >= 0.6 is 11.6 Å². The van der Waals surface area contributed by atoms with Crippen LogP contribution in [0.1, 0.15) is 19.0 Å². The summed E-state index contributed by atoms with van der Waals surface area (Å²) >= 11 is 5.88. The molecule has 0 unspecified atom stereocenters. The summed E-state index contributed by atoms with van der Waals surface area (Å²) in [7, 11) is 0. The van der Waals surface area contributed by atoms with E-state index in [0.29, 0.717) is 22.9 Å². The maximum Gasteiger partial charge on any atom is 0.432 e. The summed E-state index contributed by atoms with van der Waals surface area (Å²) in [6.07, 6.45) is -3.68. The number of rotatable bonds is 4. The topological polar surface area (TPSA) is 37.9 Å². The van der Waals surface area contributed by atoms with Crippen molar-refractivity contribution in [2.75, 3.05) is 6.61 Å². The van der Waals surface area contributed by atoms with Crippen molar-refractivity contribution in [3.05, 3.63) is 35.0 Å². The third kappa shape index (κ3) is 3.25. The molecule has 1 aromatic heterocycles. The lowest BCUT2D eigenvalue weighted by Crippen LogP contribution is -2.04. The van der Waals surface area contributed by atoms with Gasteiger partial charge in [-0.2, -0.15) is 18.3 Å². The van der Waals surface area contributed by atoms with Gasteiger partial charge < -0.3 is 4.74 Å². The lowest BCUT2D eigenvalue weighted by Gasteiger charge is -2.09. The summed E-state index contributed by atoms with van der Waals surface area (Å²) in [5, 5.41) is 6.06. The maximum absolute atomic E-state index is 12.6. The molecule has 0 aliphatic carbocycles. The van der Waals surface area contributed by atoms with E-state index in [0.717, 1.165) is 12.5 Å². The van der Waals surface area contributed by atoms with Crippen LogP contribution in [0.25, 0.3) is 11.3 Å². The van der Waals surface area contributed by atoms with Crippen molar-refractivity contribution in [3.8, 4) is 17.0 Å². The number of nitrogens with zero attached hydrogens (tertiary/aromatic N) is 1. The molecular weight excluding hydrogens is 293 g/mol. The van der Waals surface area contributed by atoms with E-state index in [1.807, 2.05) is 12.0 Å². The Hall–Kier alpha value is -1.69. The van der Waals surface area contributed by atoms with E-state index in [1.54, 1.807) is 12.1 Å². The first kappa shape index (κ1) is 14.7. The van der Waals surface area contributed by atoms with Crippen molar-refractivity contribution in [3.63, 3.8) is 0 Å². The largest absolute Gasteiger partial charge is 0.493 e. The first-order valence-electron chi connectivity index (χ1n) is 5.97. The molecule has 0 aliphatic rings. The average molecular weight is 305 g/mol. The van der Waals surface area contributed by atoms with E-state index in [4.69, 9.17) is 16.3 Å². The van der Waals surface area contributed by atoms with Crippen LogP contribution in [0.5, 0.6) is 5.75 Å². The molecule has 2 aromatic rings. The second-order valence-electron chi connectivity index (χ2n) is 4.15. The second-order valence-corrected chi connectivity index (χ2v) is 4.59. The standard InChI is InChI=1S/C13H12ClF3N2O/c1-2-5-20-11-4-3-8(14)6-9(11)10-7-12(19-18-10)13(15,16)17/h3-4,6-7H,2,5H2,1H3,(H,18,19). The highest BCUT2D eigenvalue weighted by atomic mass is 35.5. The molecule has 2 rings (SSSR count). The van der Waals surface area contributed by atoms with Crippen molar-refractivity contribution in [1.82, 2.24) is 10.2 Å². The van der Waals surface area contributed by atoms with E-state index < -0.39 is 11.9 Å². The molecule has 0 aliphatic heterocycles. The van der Waals surface area contributed by atoms with Gasteiger partial charge in [0.1, 0.15) is 11.4 Å². The molecule has 0 fully saturated rings. The van der Waals surface area contributed by atoms with Gasteiger partial charge >= 0.3 is 6.18 Å². The Labute approximate surface area is 118 Å². The summed E-state index contributed by atoms with van der Waals surface area (Å²) in [5.74, 6) is 0.455. The van der Waals surface area contributed by atoms with Crippen molar-refractivity contribution in [2.45, 2.75) is 19.5 Å². The maximum atomic E-state index is 12.6. The van der Waals surface area contributed by atoms with Gasteiger partial charge in [0.25, 0.3) is 0 Å². The lowest BCUT2D eigenvalue weighted by atomic mass is 10.1. The number of nitrogens with one attached hydrogen (secondary N) is 1. The minimum Gasteiger partial charge on any atom is -0.493 e. The molecule has 1 N–H and O–H groups in total. The SMILES string of the molecule is CCCOc1ccc(Cl)cc1-c1cc(C(F)(F)F)[nH]n1. The molecule has 1 heterocycles. The number of halogens is 4. The van der Waals surface area contributed by atoms with Gasteiger partial charge in [0, 0.05) is 10.6 Å². The van der Waals surface area contributed by atoms with Crippen molar-refractivity contribution in [2.24, 2.45) is 0 Å². The zero-order valence-corrected chi connectivity index (χ0v) is 11.3. The number of H-pyrrole nitrogens is 1. The fraction of sp³-hybridized carbons (Fsp3) is 0.308. The number of alkyl halides is 3. The van der Waals surface area contributed by atoms with E-state index >= 15 is 0 Å². The number of hydrogen-bond acceptors (Lipinski definition) is 2. The van der Waals surface area contributed by atoms with Gasteiger partial charge in [-0.3, -0.25) is 5.10 Å². The Morgan fingerprint density at radius 1 is 1.30 bits per heavy atom. The Morgan fingerprint density at radius 2 is 2.05 bits per heavy atom. The van der Waals surface area contributed by atoms with Gasteiger partial charge in [-0.05, 0) is 30.7 Å². The van der Waals surface area contributed by atoms with Crippen molar-refractivity contribution >= 4 is 11.6 Å². The number of aromatic amines is 1. The zero-order valence-electron chi connectivity index (χ0n) is 10.6. The predicted molar refractivity (Wildman–Crippen MR) is 69.8 cm³/mol. The summed E-state index contributed by atoms with van der Waals surface area (Å²) in [6.45, 7) is 2.40. The van der Waals surface area contributed by atoms with E-state index in [2.05, 4.69) is 5.10 Å². The molecule has 108 valence electrons. The second kappa shape index (κ2) is 5.75. The quantitative estimate of drug-likeness (QED) is 0.900. The molecule has 0 saturated heterocycles. The predicted octanol–water partition coefficient (Wildman–Crippen LogP) is 4.54. The monoisotopic (exact) mass is 304 g/mol. The fourth-order valence-corrected chi connectivity index (χ4v) is 1.82. The molecule has 0 atom stereocenters. The highest BCUT2D eigenvalue weighted by molar-refractivity contribution is 6.30. The molecule has 0 spiro atoms. The van der Waals surface area contributed by atoms with Crippen LogP contribution in [0, 0.1) is 0 Å². The Morgan fingerprint density at radius 3 is 2.65 bits per heavy atom. The van der Waals surface area contributed by atoms with Crippen LogP contribution in [-0.2, 0) is 6.18 Å². The Balaban J connectivity index is 2.40. The Kier molecular flexibility index (Phi) is 4.23. The van der Waals surface area contributed by atoms with Gasteiger partial charge in [0.2, 0.25) is 0 Å². The van der Waals surface area contributed by atoms with Gasteiger partial charge in [-0.1, -0.05) is 18.5 Å². The van der Waals surface area contributed by atoms with Gasteiger partial charge in [-0.25, -0.2) is 0 Å². The van der Waals surface area contributed by atoms with E-state index in [-0.39, 0.29) is 5.69 Å². The van der Waals surface area contributed by atoms with Crippen LogP contribution in [0.2, 0.25) is 5.02 Å². The molecule has 7 heteroatoms. The smallest absolute Gasteiger partial charge is 0.432 e. The van der Waals surface area contributed by atoms with Crippen LogP contribution in [0.4, 0.5) is 13.2 Å². The average Bonchev–Trinajstić information content (AvgIpc) is 2.86. The molecule has 3 nitrogen and oxygen atoms in total. The third-order valence-electron chi connectivity index (χ3n) is 2.56. The summed E-state index contributed by atoms with van der Waals surface area (Å²) in [5.41, 5.74) is -0.336. The van der Waals surface area contributed by atoms with E-state index in [1.165, 1.54) is 6.07 Å². The molecule has 20 heavy (non-hydrogen) atoms. The third-order valence-corrected chi connectivity index (χ3v) is 2.80.